The number of aryl methyl sites for hydroxylation is 1. The van der Waals surface area contributed by atoms with Gasteiger partial charge in [-0.1, -0.05) is 17.4 Å². The molecule has 1 aliphatic heterocycles. The molecule has 0 spiro atoms. The van der Waals surface area contributed by atoms with Crippen LogP contribution in [0.4, 0.5) is 4.79 Å². The van der Waals surface area contributed by atoms with E-state index < -0.39 is 0 Å². The van der Waals surface area contributed by atoms with Crippen molar-refractivity contribution in [3.8, 4) is 0 Å². The van der Waals surface area contributed by atoms with E-state index in [9.17, 15) is 4.79 Å². The highest BCUT2D eigenvalue weighted by Crippen LogP contribution is 2.16. The summed E-state index contributed by atoms with van der Waals surface area (Å²) >= 11 is 1.48. The van der Waals surface area contributed by atoms with Gasteiger partial charge in [0.05, 0.1) is 23.6 Å². The van der Waals surface area contributed by atoms with Gasteiger partial charge >= 0.3 is 6.03 Å². The van der Waals surface area contributed by atoms with Crippen LogP contribution in [0.5, 0.6) is 0 Å². The molecule has 4 rings (SSSR count). The number of aromatic nitrogens is 4. The molecule has 1 saturated heterocycles. The Morgan fingerprint density at radius 1 is 1.33 bits per heavy atom. The van der Waals surface area contributed by atoms with Gasteiger partial charge in [-0.15, -0.1) is 0 Å². The predicted octanol–water partition coefficient (Wildman–Crippen LogP) is 2.08. The molecule has 2 amide bonds. The smallest absolute Gasteiger partial charge is 0.318 e. The monoisotopic (exact) mass is 385 g/mol. The molecule has 1 aliphatic rings. The van der Waals surface area contributed by atoms with Crippen LogP contribution in [0, 0.1) is 6.92 Å². The molecule has 9 heteroatoms. The number of hydrogen-bond donors (Lipinski definition) is 1. The third kappa shape index (κ3) is 3.93. The fraction of sp³-hybridized carbons (Fsp3) is 0.444. The van der Waals surface area contributed by atoms with E-state index in [0.717, 1.165) is 36.0 Å². The van der Waals surface area contributed by atoms with Crippen molar-refractivity contribution in [1.82, 2.24) is 34.7 Å². The summed E-state index contributed by atoms with van der Waals surface area (Å²) in [5.74, 6) is 0. The van der Waals surface area contributed by atoms with Gasteiger partial charge in [0.25, 0.3) is 0 Å². The van der Waals surface area contributed by atoms with Crippen LogP contribution in [0.2, 0.25) is 0 Å². The van der Waals surface area contributed by atoms with Crippen LogP contribution in [0.1, 0.15) is 29.9 Å². The number of amides is 2. The molecule has 0 aliphatic carbocycles. The summed E-state index contributed by atoms with van der Waals surface area (Å²) in [6.07, 6.45) is 3.70. The number of urea groups is 1. The van der Waals surface area contributed by atoms with Crippen molar-refractivity contribution in [2.24, 2.45) is 0 Å². The van der Waals surface area contributed by atoms with Crippen molar-refractivity contribution >= 4 is 22.3 Å². The second-order valence-electron chi connectivity index (χ2n) is 6.83. The third-order valence-electron chi connectivity index (χ3n) is 4.94. The van der Waals surface area contributed by atoms with Crippen LogP contribution in [-0.4, -0.2) is 61.6 Å². The van der Waals surface area contributed by atoms with Gasteiger partial charge in [0, 0.05) is 38.9 Å². The zero-order valence-electron chi connectivity index (χ0n) is 15.5. The molecule has 1 fully saturated rings. The first kappa shape index (κ1) is 17.9. The van der Waals surface area contributed by atoms with Crippen molar-refractivity contribution in [3.63, 3.8) is 0 Å². The maximum atomic E-state index is 12.6. The van der Waals surface area contributed by atoms with Gasteiger partial charge in [0.15, 0.2) is 0 Å². The van der Waals surface area contributed by atoms with Crippen molar-refractivity contribution in [3.05, 3.63) is 47.0 Å². The Balaban J connectivity index is 1.29. The third-order valence-corrected chi connectivity index (χ3v) is 5.63. The molecule has 27 heavy (non-hydrogen) atoms. The van der Waals surface area contributed by atoms with Crippen LogP contribution in [0.3, 0.4) is 0 Å². The number of carbonyl (C=O) groups excluding carboxylic acids is 1. The summed E-state index contributed by atoms with van der Waals surface area (Å²) in [6.45, 7) is 7.99. The molecule has 0 radical (unpaired) electrons. The van der Waals surface area contributed by atoms with E-state index in [1.807, 2.05) is 30.3 Å². The summed E-state index contributed by atoms with van der Waals surface area (Å²) in [7, 11) is 0. The highest BCUT2D eigenvalue weighted by molar-refractivity contribution is 7.14. The lowest BCUT2D eigenvalue weighted by Gasteiger charge is -2.35. The summed E-state index contributed by atoms with van der Waals surface area (Å²) < 4.78 is 1.74. The fourth-order valence-electron chi connectivity index (χ4n) is 3.22. The minimum absolute atomic E-state index is 0.0412. The van der Waals surface area contributed by atoms with E-state index in [1.54, 1.807) is 10.0 Å². The fourth-order valence-corrected chi connectivity index (χ4v) is 3.83. The normalized spacial score (nSPS) is 16.6. The van der Waals surface area contributed by atoms with E-state index in [2.05, 4.69) is 38.3 Å². The van der Waals surface area contributed by atoms with Gasteiger partial charge in [0.2, 0.25) is 4.96 Å². The lowest BCUT2D eigenvalue weighted by Crippen LogP contribution is -2.51. The topological polar surface area (TPSA) is 78.7 Å². The summed E-state index contributed by atoms with van der Waals surface area (Å²) in [6, 6.07) is 3.85. The Morgan fingerprint density at radius 3 is 2.89 bits per heavy atom. The van der Waals surface area contributed by atoms with E-state index in [0.29, 0.717) is 13.1 Å². The van der Waals surface area contributed by atoms with E-state index in [4.69, 9.17) is 0 Å². The average molecular weight is 385 g/mol. The first-order valence-corrected chi connectivity index (χ1v) is 9.95. The number of carbonyl (C=O) groups is 1. The lowest BCUT2D eigenvalue weighted by molar-refractivity contribution is 0.132. The van der Waals surface area contributed by atoms with Crippen LogP contribution >= 0.6 is 11.3 Å². The molecule has 0 bridgehead atoms. The van der Waals surface area contributed by atoms with Gasteiger partial charge < -0.3 is 10.2 Å². The molecular formula is C18H23N7OS. The minimum atomic E-state index is -0.152. The Labute approximate surface area is 161 Å². The summed E-state index contributed by atoms with van der Waals surface area (Å²) in [5.41, 5.74) is 4.90. The number of nitrogens with zero attached hydrogens (tertiary/aromatic N) is 6. The quantitative estimate of drug-likeness (QED) is 0.744. The Morgan fingerprint density at radius 2 is 2.15 bits per heavy atom. The molecule has 1 N–H and O–H groups in total. The predicted molar refractivity (Wildman–Crippen MR) is 104 cm³/mol. The van der Waals surface area contributed by atoms with Gasteiger partial charge in [0.1, 0.15) is 5.51 Å². The van der Waals surface area contributed by atoms with E-state index in [-0.39, 0.29) is 12.1 Å². The van der Waals surface area contributed by atoms with E-state index in [1.165, 1.54) is 16.9 Å². The first-order valence-electron chi connectivity index (χ1n) is 9.07. The zero-order valence-corrected chi connectivity index (χ0v) is 16.3. The highest BCUT2D eigenvalue weighted by Gasteiger charge is 2.23. The molecular weight excluding hydrogens is 362 g/mol. The molecule has 0 aromatic carbocycles. The number of hydrogen-bond acceptors (Lipinski definition) is 6. The molecule has 0 unspecified atom stereocenters. The number of rotatable bonds is 4. The van der Waals surface area contributed by atoms with Gasteiger partial charge in [-0.05, 0) is 25.5 Å². The molecule has 142 valence electrons. The summed E-state index contributed by atoms with van der Waals surface area (Å²) in [4.78, 5) is 26.6. The SMILES string of the molecule is Cc1cccnc1CN1CCN(C(=O)N[C@H](C)c2cn3ncsc3n2)CC1. The number of nitrogens with one attached hydrogen (secondary N) is 1. The maximum Gasteiger partial charge on any atom is 0.318 e. The zero-order chi connectivity index (χ0) is 18.8. The second-order valence-corrected chi connectivity index (χ2v) is 7.64. The minimum Gasteiger partial charge on any atom is -0.330 e. The van der Waals surface area contributed by atoms with Crippen molar-refractivity contribution < 1.29 is 4.79 Å². The lowest BCUT2D eigenvalue weighted by atomic mass is 10.2. The van der Waals surface area contributed by atoms with Gasteiger partial charge in [-0.2, -0.15) is 5.10 Å². The summed E-state index contributed by atoms with van der Waals surface area (Å²) in [5, 5.41) is 7.23. The molecule has 4 heterocycles. The molecule has 8 nitrogen and oxygen atoms in total. The molecule has 0 saturated carbocycles. The molecule has 1 atom stereocenters. The Kier molecular flexibility index (Phi) is 5.04. The van der Waals surface area contributed by atoms with Gasteiger partial charge in [-0.25, -0.2) is 14.3 Å². The van der Waals surface area contributed by atoms with Gasteiger partial charge in [-0.3, -0.25) is 9.88 Å². The van der Waals surface area contributed by atoms with Crippen molar-refractivity contribution in [1.29, 1.82) is 0 Å². The number of imidazole rings is 1. The Bertz CT molecular complexity index is 900. The van der Waals surface area contributed by atoms with Crippen molar-refractivity contribution in [2.45, 2.75) is 26.4 Å². The standard InChI is InChI=1S/C18H23N7OS/c1-13-4-3-5-19-15(13)10-23-6-8-24(9-7-23)17(26)21-14(2)16-11-25-18(22-16)27-12-20-25/h3-5,11-12,14H,6-10H2,1-2H3,(H,21,26)/t14-/m1/s1. The number of fused-ring (bicyclic) bond motifs is 1. The average Bonchev–Trinajstić information content (AvgIpc) is 3.26. The largest absolute Gasteiger partial charge is 0.330 e. The number of piperazine rings is 1. The van der Waals surface area contributed by atoms with E-state index >= 15 is 0 Å². The Hall–Kier alpha value is -2.52. The molecule has 3 aromatic heterocycles. The number of pyridine rings is 1. The maximum absolute atomic E-state index is 12.6. The second kappa shape index (κ2) is 7.61. The van der Waals surface area contributed by atoms with Crippen LogP contribution in [0.15, 0.2) is 30.0 Å². The van der Waals surface area contributed by atoms with Crippen LogP contribution < -0.4 is 5.32 Å². The highest BCUT2D eigenvalue weighted by atomic mass is 32.1. The van der Waals surface area contributed by atoms with Crippen LogP contribution in [-0.2, 0) is 6.54 Å². The molecule has 3 aromatic rings. The van der Waals surface area contributed by atoms with Crippen LogP contribution in [0.25, 0.3) is 4.96 Å². The van der Waals surface area contributed by atoms with Crippen molar-refractivity contribution in [2.75, 3.05) is 26.2 Å². The first-order chi connectivity index (χ1) is 13.1.